The fraction of sp³-hybridized carbons (Fsp3) is 0.692. The maximum Gasteiger partial charge on any atom is 0.0561 e. The van der Waals surface area contributed by atoms with Gasteiger partial charge >= 0.3 is 0 Å². The van der Waals surface area contributed by atoms with Crippen molar-refractivity contribution < 1.29 is 4.74 Å². The van der Waals surface area contributed by atoms with Gasteiger partial charge in [0, 0.05) is 37.6 Å². The third-order valence-corrected chi connectivity index (χ3v) is 3.32. The predicted molar refractivity (Wildman–Crippen MR) is 65.4 cm³/mol. The van der Waals surface area contributed by atoms with Crippen LogP contribution in [-0.4, -0.2) is 23.3 Å². The maximum atomic E-state index is 5.54. The molecule has 1 aromatic heterocycles. The molecule has 1 aliphatic rings. The van der Waals surface area contributed by atoms with Crippen LogP contribution in [-0.2, 0) is 17.8 Å². The Morgan fingerprint density at radius 2 is 2.44 bits per heavy atom. The Hall–Kier alpha value is -0.800. The van der Waals surface area contributed by atoms with E-state index in [1.807, 2.05) is 0 Å². The van der Waals surface area contributed by atoms with Crippen molar-refractivity contribution in [2.45, 2.75) is 51.9 Å². The van der Waals surface area contributed by atoms with Gasteiger partial charge in [-0.05, 0) is 38.8 Å². The fourth-order valence-corrected chi connectivity index (χ4v) is 2.35. The molecule has 3 nitrogen and oxygen atoms in total. The molecule has 16 heavy (non-hydrogen) atoms. The fourth-order valence-electron chi connectivity index (χ4n) is 2.35. The molecular weight excluding hydrogens is 200 g/mol. The normalized spacial score (nSPS) is 25.9. The molecule has 2 unspecified atom stereocenters. The number of nitrogens with one attached hydrogen (secondary N) is 1. The average Bonchev–Trinajstić information content (AvgIpc) is 2.74. The van der Waals surface area contributed by atoms with Crippen molar-refractivity contribution in [3.63, 3.8) is 0 Å². The first-order valence-electron chi connectivity index (χ1n) is 6.28. The zero-order valence-electron chi connectivity index (χ0n) is 10.3. The molecule has 2 atom stereocenters. The molecule has 1 fully saturated rings. The standard InChI is InChI=1S/C13H22N2O/c1-3-15-7-4-5-13(15)10-14-12-6-8-16-11(2)9-12/h4-5,7,11-12,14H,3,6,8-10H2,1-2H3. The van der Waals surface area contributed by atoms with E-state index in [1.54, 1.807) is 0 Å². The number of ether oxygens (including phenoxy) is 1. The van der Waals surface area contributed by atoms with Gasteiger partial charge < -0.3 is 14.6 Å². The molecule has 0 bridgehead atoms. The number of hydrogen-bond acceptors (Lipinski definition) is 2. The molecule has 1 aliphatic heterocycles. The molecule has 0 spiro atoms. The Labute approximate surface area is 97.8 Å². The van der Waals surface area contributed by atoms with Crippen LogP contribution < -0.4 is 5.32 Å². The highest BCUT2D eigenvalue weighted by atomic mass is 16.5. The second-order valence-corrected chi connectivity index (χ2v) is 4.57. The number of aromatic nitrogens is 1. The van der Waals surface area contributed by atoms with Crippen LogP contribution in [0, 0.1) is 0 Å². The summed E-state index contributed by atoms with van der Waals surface area (Å²) in [7, 11) is 0. The Morgan fingerprint density at radius 3 is 3.19 bits per heavy atom. The summed E-state index contributed by atoms with van der Waals surface area (Å²) in [5.41, 5.74) is 1.38. The predicted octanol–water partition coefficient (Wildman–Crippen LogP) is 2.17. The first-order chi connectivity index (χ1) is 7.79. The summed E-state index contributed by atoms with van der Waals surface area (Å²) in [6.07, 6.45) is 4.82. The van der Waals surface area contributed by atoms with E-state index in [9.17, 15) is 0 Å². The first kappa shape index (κ1) is 11.7. The summed E-state index contributed by atoms with van der Waals surface area (Å²) in [6.45, 7) is 7.25. The molecule has 0 radical (unpaired) electrons. The minimum absolute atomic E-state index is 0.407. The topological polar surface area (TPSA) is 26.2 Å². The Morgan fingerprint density at radius 1 is 1.56 bits per heavy atom. The van der Waals surface area contributed by atoms with Gasteiger partial charge in [0.1, 0.15) is 0 Å². The van der Waals surface area contributed by atoms with Gasteiger partial charge in [0.05, 0.1) is 6.10 Å². The minimum atomic E-state index is 0.407. The zero-order valence-corrected chi connectivity index (χ0v) is 10.3. The molecule has 0 aromatic carbocycles. The minimum Gasteiger partial charge on any atom is -0.378 e. The molecule has 0 saturated carbocycles. The molecule has 3 heteroatoms. The van der Waals surface area contributed by atoms with Crippen molar-refractivity contribution in [3.05, 3.63) is 24.0 Å². The smallest absolute Gasteiger partial charge is 0.0561 e. The van der Waals surface area contributed by atoms with Gasteiger partial charge in [0.2, 0.25) is 0 Å². The van der Waals surface area contributed by atoms with Crippen LogP contribution in [0.2, 0.25) is 0 Å². The van der Waals surface area contributed by atoms with Gasteiger partial charge in [-0.25, -0.2) is 0 Å². The van der Waals surface area contributed by atoms with Gasteiger partial charge in [-0.15, -0.1) is 0 Å². The van der Waals surface area contributed by atoms with Crippen LogP contribution in [0.1, 0.15) is 32.4 Å². The summed E-state index contributed by atoms with van der Waals surface area (Å²) in [5.74, 6) is 0. The number of aryl methyl sites for hydroxylation is 1. The van der Waals surface area contributed by atoms with E-state index in [0.717, 1.165) is 32.5 Å². The molecular formula is C13H22N2O. The van der Waals surface area contributed by atoms with Crippen LogP contribution in [0.15, 0.2) is 18.3 Å². The van der Waals surface area contributed by atoms with Gasteiger partial charge in [0.15, 0.2) is 0 Å². The quantitative estimate of drug-likeness (QED) is 0.845. The summed E-state index contributed by atoms with van der Waals surface area (Å²) in [5, 5.41) is 3.63. The van der Waals surface area contributed by atoms with Crippen molar-refractivity contribution in [3.8, 4) is 0 Å². The van der Waals surface area contributed by atoms with E-state index in [-0.39, 0.29) is 0 Å². The van der Waals surface area contributed by atoms with E-state index in [4.69, 9.17) is 4.74 Å². The van der Waals surface area contributed by atoms with E-state index in [0.29, 0.717) is 12.1 Å². The van der Waals surface area contributed by atoms with E-state index in [1.165, 1.54) is 5.69 Å². The van der Waals surface area contributed by atoms with Crippen LogP contribution in [0.25, 0.3) is 0 Å². The SMILES string of the molecule is CCn1cccc1CNC1CCOC(C)C1. The first-order valence-corrected chi connectivity index (χ1v) is 6.28. The van der Waals surface area contributed by atoms with E-state index < -0.39 is 0 Å². The van der Waals surface area contributed by atoms with Crippen molar-refractivity contribution in [2.24, 2.45) is 0 Å². The highest BCUT2D eigenvalue weighted by Crippen LogP contribution is 2.14. The van der Waals surface area contributed by atoms with Crippen molar-refractivity contribution >= 4 is 0 Å². The molecule has 1 aromatic rings. The largest absolute Gasteiger partial charge is 0.378 e. The number of rotatable bonds is 4. The lowest BCUT2D eigenvalue weighted by atomic mass is 10.0. The molecule has 0 amide bonds. The zero-order chi connectivity index (χ0) is 11.4. The van der Waals surface area contributed by atoms with Gasteiger partial charge in [-0.1, -0.05) is 0 Å². The summed E-state index contributed by atoms with van der Waals surface area (Å²) in [6, 6.07) is 4.93. The lowest BCUT2D eigenvalue weighted by molar-refractivity contribution is 0.0129. The van der Waals surface area contributed by atoms with Gasteiger partial charge in [-0.2, -0.15) is 0 Å². The third-order valence-electron chi connectivity index (χ3n) is 3.32. The summed E-state index contributed by atoms with van der Waals surface area (Å²) in [4.78, 5) is 0. The lowest BCUT2D eigenvalue weighted by Gasteiger charge is -2.28. The molecule has 2 rings (SSSR count). The van der Waals surface area contributed by atoms with Gasteiger partial charge in [-0.3, -0.25) is 0 Å². The lowest BCUT2D eigenvalue weighted by Crippen LogP contribution is -2.37. The average molecular weight is 222 g/mol. The summed E-state index contributed by atoms with van der Waals surface area (Å²) >= 11 is 0. The molecule has 90 valence electrons. The monoisotopic (exact) mass is 222 g/mol. The molecule has 1 N–H and O–H groups in total. The van der Waals surface area contributed by atoms with Crippen LogP contribution in [0.5, 0.6) is 0 Å². The maximum absolute atomic E-state index is 5.54. The Balaban J connectivity index is 1.82. The molecule has 0 aliphatic carbocycles. The van der Waals surface area contributed by atoms with E-state index in [2.05, 4.69) is 42.1 Å². The highest BCUT2D eigenvalue weighted by molar-refractivity contribution is 5.07. The number of nitrogens with zero attached hydrogens (tertiary/aromatic N) is 1. The van der Waals surface area contributed by atoms with Crippen LogP contribution in [0.4, 0.5) is 0 Å². The van der Waals surface area contributed by atoms with E-state index >= 15 is 0 Å². The highest BCUT2D eigenvalue weighted by Gasteiger charge is 2.18. The Kier molecular flexibility index (Phi) is 4.02. The Bertz CT molecular complexity index is 321. The van der Waals surface area contributed by atoms with Gasteiger partial charge in [0.25, 0.3) is 0 Å². The van der Waals surface area contributed by atoms with Crippen molar-refractivity contribution in [1.29, 1.82) is 0 Å². The van der Waals surface area contributed by atoms with Crippen molar-refractivity contribution in [1.82, 2.24) is 9.88 Å². The summed E-state index contributed by atoms with van der Waals surface area (Å²) < 4.78 is 7.83. The third kappa shape index (κ3) is 2.86. The van der Waals surface area contributed by atoms with Crippen LogP contribution >= 0.6 is 0 Å². The van der Waals surface area contributed by atoms with Crippen molar-refractivity contribution in [2.75, 3.05) is 6.61 Å². The second-order valence-electron chi connectivity index (χ2n) is 4.57. The molecule has 1 saturated heterocycles. The molecule has 2 heterocycles. The van der Waals surface area contributed by atoms with Crippen LogP contribution in [0.3, 0.4) is 0 Å². The number of hydrogen-bond donors (Lipinski definition) is 1. The second kappa shape index (κ2) is 5.51.